The summed E-state index contributed by atoms with van der Waals surface area (Å²) in [5, 5.41) is 3.17. The van der Waals surface area contributed by atoms with Crippen LogP contribution in [0.25, 0.3) is 0 Å². The number of anilines is 2. The van der Waals surface area contributed by atoms with Crippen molar-refractivity contribution in [1.29, 1.82) is 0 Å². The molecule has 0 bridgehead atoms. The topological polar surface area (TPSA) is 41.1 Å². The molecule has 1 aliphatic carbocycles. The second-order valence-electron chi connectivity index (χ2n) is 5.61. The zero-order chi connectivity index (χ0) is 14.4. The summed E-state index contributed by atoms with van der Waals surface area (Å²) in [4.78, 5) is 11.8. The molecule has 4 heteroatoms. The third-order valence-corrected chi connectivity index (χ3v) is 4.14. The minimum atomic E-state index is 0.655. The molecule has 1 saturated carbocycles. The van der Waals surface area contributed by atoms with E-state index in [1.54, 1.807) is 0 Å². The van der Waals surface area contributed by atoms with E-state index in [1.807, 2.05) is 7.05 Å². The summed E-state index contributed by atoms with van der Waals surface area (Å²) in [5.41, 5.74) is 0. The van der Waals surface area contributed by atoms with Gasteiger partial charge < -0.3 is 10.2 Å². The van der Waals surface area contributed by atoms with Crippen LogP contribution in [0.4, 0.5) is 11.6 Å². The van der Waals surface area contributed by atoms with Crippen molar-refractivity contribution < 1.29 is 0 Å². The normalized spacial score (nSPS) is 16.1. The van der Waals surface area contributed by atoms with Crippen LogP contribution in [0.3, 0.4) is 0 Å². The van der Waals surface area contributed by atoms with E-state index in [0.717, 1.165) is 36.8 Å². The SMILES string of the molecule is CCCc1nc(NC)cc(N(CC)C2CCCCC2)n1. The smallest absolute Gasteiger partial charge is 0.134 e. The van der Waals surface area contributed by atoms with Gasteiger partial charge >= 0.3 is 0 Å². The molecule has 1 heterocycles. The number of hydrogen-bond acceptors (Lipinski definition) is 4. The van der Waals surface area contributed by atoms with Gasteiger partial charge in [-0.3, -0.25) is 0 Å². The number of nitrogens with one attached hydrogen (secondary N) is 1. The molecule has 0 amide bonds. The van der Waals surface area contributed by atoms with Crippen molar-refractivity contribution in [3.63, 3.8) is 0 Å². The van der Waals surface area contributed by atoms with Gasteiger partial charge in [0.1, 0.15) is 17.5 Å². The average Bonchev–Trinajstić information content (AvgIpc) is 2.49. The van der Waals surface area contributed by atoms with Gasteiger partial charge in [-0.25, -0.2) is 9.97 Å². The third-order valence-electron chi connectivity index (χ3n) is 4.14. The second kappa shape index (κ2) is 7.46. The fourth-order valence-electron chi connectivity index (χ4n) is 3.09. The van der Waals surface area contributed by atoms with Crippen LogP contribution in [0.1, 0.15) is 58.2 Å². The quantitative estimate of drug-likeness (QED) is 0.861. The minimum absolute atomic E-state index is 0.655. The first-order chi connectivity index (χ1) is 9.78. The van der Waals surface area contributed by atoms with E-state index in [-0.39, 0.29) is 0 Å². The van der Waals surface area contributed by atoms with E-state index >= 15 is 0 Å². The van der Waals surface area contributed by atoms with Crippen molar-refractivity contribution in [1.82, 2.24) is 9.97 Å². The van der Waals surface area contributed by atoms with E-state index in [2.05, 4.69) is 35.1 Å². The van der Waals surface area contributed by atoms with Crippen molar-refractivity contribution in [2.45, 2.75) is 64.8 Å². The molecule has 0 atom stereocenters. The molecule has 0 unspecified atom stereocenters. The molecule has 1 aromatic heterocycles. The summed E-state index contributed by atoms with van der Waals surface area (Å²) >= 11 is 0. The molecule has 2 rings (SSSR count). The van der Waals surface area contributed by atoms with Gasteiger partial charge in [-0.2, -0.15) is 0 Å². The number of nitrogens with zero attached hydrogens (tertiary/aromatic N) is 3. The van der Waals surface area contributed by atoms with Crippen LogP contribution >= 0.6 is 0 Å². The second-order valence-corrected chi connectivity index (χ2v) is 5.61. The van der Waals surface area contributed by atoms with Gasteiger partial charge in [0.2, 0.25) is 0 Å². The fourth-order valence-corrected chi connectivity index (χ4v) is 3.09. The van der Waals surface area contributed by atoms with Crippen LogP contribution in [-0.4, -0.2) is 29.6 Å². The van der Waals surface area contributed by atoms with Crippen LogP contribution < -0.4 is 10.2 Å². The summed E-state index contributed by atoms with van der Waals surface area (Å²) < 4.78 is 0. The molecule has 1 N–H and O–H groups in total. The highest BCUT2D eigenvalue weighted by Crippen LogP contribution is 2.27. The highest BCUT2D eigenvalue weighted by Gasteiger charge is 2.22. The summed E-state index contributed by atoms with van der Waals surface area (Å²) in [7, 11) is 1.93. The van der Waals surface area contributed by atoms with Crippen LogP contribution in [-0.2, 0) is 6.42 Å². The van der Waals surface area contributed by atoms with Crippen molar-refractivity contribution >= 4 is 11.6 Å². The maximum Gasteiger partial charge on any atom is 0.134 e. The monoisotopic (exact) mass is 276 g/mol. The lowest BCUT2D eigenvalue weighted by molar-refractivity contribution is 0.416. The Bertz CT molecular complexity index is 413. The maximum absolute atomic E-state index is 4.79. The Morgan fingerprint density at radius 3 is 2.55 bits per heavy atom. The van der Waals surface area contributed by atoms with Crippen LogP contribution in [0, 0.1) is 0 Å². The Morgan fingerprint density at radius 1 is 1.20 bits per heavy atom. The zero-order valence-corrected chi connectivity index (χ0v) is 13.2. The van der Waals surface area contributed by atoms with Crippen LogP contribution in [0.15, 0.2) is 6.07 Å². The first kappa shape index (κ1) is 15.1. The minimum Gasteiger partial charge on any atom is -0.373 e. The molecule has 0 radical (unpaired) electrons. The van der Waals surface area contributed by atoms with Crippen molar-refractivity contribution in [3.05, 3.63) is 11.9 Å². The van der Waals surface area contributed by atoms with E-state index in [9.17, 15) is 0 Å². The fraction of sp³-hybridized carbons (Fsp3) is 0.750. The molecule has 1 aliphatic rings. The number of rotatable bonds is 6. The summed E-state index contributed by atoms with van der Waals surface area (Å²) in [6, 6.07) is 2.75. The first-order valence-electron chi connectivity index (χ1n) is 8.10. The van der Waals surface area contributed by atoms with Gasteiger partial charge in [0.15, 0.2) is 0 Å². The van der Waals surface area contributed by atoms with Gasteiger partial charge in [0, 0.05) is 32.1 Å². The van der Waals surface area contributed by atoms with Crippen molar-refractivity contribution in [2.24, 2.45) is 0 Å². The number of hydrogen-bond donors (Lipinski definition) is 1. The summed E-state index contributed by atoms with van der Waals surface area (Å²) in [5.74, 6) is 3.00. The van der Waals surface area contributed by atoms with E-state index in [0.29, 0.717) is 6.04 Å². The largest absolute Gasteiger partial charge is 0.373 e. The Balaban J connectivity index is 2.24. The zero-order valence-electron chi connectivity index (χ0n) is 13.2. The highest BCUT2D eigenvalue weighted by molar-refractivity contribution is 5.50. The number of aryl methyl sites for hydroxylation is 1. The third kappa shape index (κ3) is 3.62. The molecular formula is C16H28N4. The summed E-state index contributed by atoms with van der Waals surface area (Å²) in [6.45, 7) is 5.43. The average molecular weight is 276 g/mol. The highest BCUT2D eigenvalue weighted by atomic mass is 15.2. The van der Waals surface area contributed by atoms with Crippen molar-refractivity contribution in [3.8, 4) is 0 Å². The molecule has 0 aromatic carbocycles. The molecule has 0 aliphatic heterocycles. The maximum atomic E-state index is 4.79. The molecule has 0 spiro atoms. The standard InChI is InChI=1S/C16H28N4/c1-4-9-14-18-15(17-3)12-16(19-14)20(5-2)13-10-7-6-8-11-13/h12-13H,4-11H2,1-3H3,(H,17,18,19). The van der Waals surface area contributed by atoms with E-state index in [4.69, 9.17) is 4.98 Å². The Labute approximate surface area is 123 Å². The van der Waals surface area contributed by atoms with Gasteiger partial charge in [0.05, 0.1) is 0 Å². The van der Waals surface area contributed by atoms with Crippen LogP contribution in [0.2, 0.25) is 0 Å². The Morgan fingerprint density at radius 2 is 1.95 bits per heavy atom. The van der Waals surface area contributed by atoms with Gasteiger partial charge in [-0.05, 0) is 26.2 Å². The Hall–Kier alpha value is -1.32. The lowest BCUT2D eigenvalue weighted by Gasteiger charge is -2.34. The predicted molar refractivity (Wildman–Crippen MR) is 85.5 cm³/mol. The molecule has 0 saturated heterocycles. The molecule has 112 valence electrons. The lowest BCUT2D eigenvalue weighted by atomic mass is 9.94. The first-order valence-corrected chi connectivity index (χ1v) is 8.10. The molecule has 4 nitrogen and oxygen atoms in total. The van der Waals surface area contributed by atoms with Gasteiger partial charge in [0.25, 0.3) is 0 Å². The molecular weight excluding hydrogens is 248 g/mol. The molecule has 20 heavy (non-hydrogen) atoms. The van der Waals surface area contributed by atoms with Crippen LogP contribution in [0.5, 0.6) is 0 Å². The predicted octanol–water partition coefficient (Wildman–Crippen LogP) is 3.63. The van der Waals surface area contributed by atoms with E-state index < -0.39 is 0 Å². The lowest BCUT2D eigenvalue weighted by Crippen LogP contribution is -2.37. The van der Waals surface area contributed by atoms with Gasteiger partial charge in [-0.15, -0.1) is 0 Å². The number of aromatic nitrogens is 2. The molecule has 1 aromatic rings. The molecule has 1 fully saturated rings. The van der Waals surface area contributed by atoms with Crippen molar-refractivity contribution in [2.75, 3.05) is 23.8 Å². The van der Waals surface area contributed by atoms with E-state index in [1.165, 1.54) is 32.1 Å². The summed E-state index contributed by atoms with van der Waals surface area (Å²) in [6.07, 6.45) is 8.74. The van der Waals surface area contributed by atoms with Gasteiger partial charge in [-0.1, -0.05) is 26.2 Å². The Kier molecular flexibility index (Phi) is 5.62.